The Kier molecular flexibility index (Phi) is 5.17. The number of amides is 2. The number of nitrogens with one attached hydrogen (secondary N) is 3. The van der Waals surface area contributed by atoms with Gasteiger partial charge in [0.1, 0.15) is 5.82 Å². The minimum atomic E-state index is -0.482. The lowest BCUT2D eigenvalue weighted by Crippen LogP contribution is -2.25. The molecule has 3 heterocycles. The molecule has 176 valence electrons. The largest absolute Gasteiger partial charge is 0.454 e. The van der Waals surface area contributed by atoms with Gasteiger partial charge < -0.3 is 14.8 Å². The van der Waals surface area contributed by atoms with Gasteiger partial charge in [0, 0.05) is 28.9 Å². The normalized spacial score (nSPS) is 13.8. The highest BCUT2D eigenvalue weighted by molar-refractivity contribution is 5.99. The zero-order valence-electron chi connectivity index (χ0n) is 18.7. The monoisotopic (exact) mass is 470 g/mol. The van der Waals surface area contributed by atoms with Gasteiger partial charge >= 0.3 is 6.03 Å². The van der Waals surface area contributed by atoms with Gasteiger partial charge in [0.25, 0.3) is 5.56 Å². The van der Waals surface area contributed by atoms with Crippen molar-refractivity contribution in [1.82, 2.24) is 19.7 Å². The van der Waals surface area contributed by atoms with Crippen LogP contribution in [0, 0.1) is 0 Å². The number of aromatic amines is 1. The second-order valence-electron chi connectivity index (χ2n) is 8.36. The van der Waals surface area contributed by atoms with Crippen molar-refractivity contribution in [3.63, 3.8) is 0 Å². The first-order valence-corrected chi connectivity index (χ1v) is 11.4. The van der Waals surface area contributed by atoms with Gasteiger partial charge in [-0.3, -0.25) is 15.1 Å². The molecule has 0 saturated carbocycles. The molecule has 4 aromatic rings. The number of aryl methyl sites for hydroxylation is 1. The van der Waals surface area contributed by atoms with Crippen LogP contribution >= 0.6 is 0 Å². The smallest absolute Gasteiger partial charge is 0.324 e. The van der Waals surface area contributed by atoms with Crippen LogP contribution in [-0.2, 0) is 12.8 Å². The summed E-state index contributed by atoms with van der Waals surface area (Å²) in [5.74, 6) is 1.82. The van der Waals surface area contributed by atoms with Gasteiger partial charge in [-0.25, -0.2) is 9.78 Å². The van der Waals surface area contributed by atoms with Crippen molar-refractivity contribution < 1.29 is 14.3 Å². The predicted octanol–water partition coefficient (Wildman–Crippen LogP) is 3.87. The average molecular weight is 470 g/mol. The number of hydrogen-bond acceptors (Lipinski definition) is 6. The summed E-state index contributed by atoms with van der Waals surface area (Å²) in [5, 5.41) is 10.3. The topological polar surface area (TPSA) is 123 Å². The van der Waals surface area contributed by atoms with Crippen LogP contribution in [0.3, 0.4) is 0 Å². The van der Waals surface area contributed by atoms with E-state index in [1.54, 1.807) is 24.3 Å². The first kappa shape index (κ1) is 21.0. The molecule has 2 aliphatic rings. The number of ether oxygens (including phenoxy) is 2. The van der Waals surface area contributed by atoms with Crippen molar-refractivity contribution >= 4 is 17.5 Å². The third kappa shape index (κ3) is 4.10. The van der Waals surface area contributed by atoms with E-state index in [0.29, 0.717) is 28.7 Å². The lowest BCUT2D eigenvalue weighted by atomic mass is 9.97. The molecule has 0 bridgehead atoms. The fourth-order valence-electron chi connectivity index (χ4n) is 4.32. The van der Waals surface area contributed by atoms with E-state index in [4.69, 9.17) is 9.47 Å². The van der Waals surface area contributed by atoms with Crippen molar-refractivity contribution in [2.45, 2.75) is 25.7 Å². The third-order valence-electron chi connectivity index (χ3n) is 6.03. The van der Waals surface area contributed by atoms with Crippen molar-refractivity contribution in [2.24, 2.45) is 0 Å². The molecule has 0 saturated heterocycles. The van der Waals surface area contributed by atoms with E-state index >= 15 is 0 Å². The van der Waals surface area contributed by atoms with Gasteiger partial charge in [-0.15, -0.1) is 0 Å². The molecular formula is C25H22N6O4. The number of rotatable bonds is 4. The van der Waals surface area contributed by atoms with Crippen LogP contribution in [0.5, 0.6) is 11.5 Å². The Balaban J connectivity index is 1.34. The van der Waals surface area contributed by atoms with Crippen LogP contribution in [-0.4, -0.2) is 32.6 Å². The van der Waals surface area contributed by atoms with Crippen LogP contribution in [0.15, 0.2) is 59.4 Å². The Morgan fingerprint density at radius 3 is 2.69 bits per heavy atom. The highest BCUT2D eigenvalue weighted by Crippen LogP contribution is 2.34. The summed E-state index contributed by atoms with van der Waals surface area (Å²) >= 11 is 0. The zero-order valence-corrected chi connectivity index (χ0v) is 18.7. The number of hydrogen-bond donors (Lipinski definition) is 3. The maximum absolute atomic E-state index is 12.9. The number of fused-ring (bicyclic) bond motifs is 2. The summed E-state index contributed by atoms with van der Waals surface area (Å²) in [6, 6.07) is 16.0. The van der Waals surface area contributed by atoms with Gasteiger partial charge in [-0.1, -0.05) is 30.3 Å². The van der Waals surface area contributed by atoms with Crippen LogP contribution < -0.4 is 25.7 Å². The van der Waals surface area contributed by atoms with Crippen LogP contribution in [0.25, 0.3) is 17.2 Å². The lowest BCUT2D eigenvalue weighted by Gasteiger charge is -2.15. The molecule has 6 rings (SSSR count). The molecule has 1 aliphatic carbocycles. The van der Waals surface area contributed by atoms with Crippen molar-refractivity contribution in [3.8, 4) is 28.7 Å². The second-order valence-corrected chi connectivity index (χ2v) is 8.36. The fraction of sp³-hybridized carbons (Fsp3) is 0.200. The molecule has 3 N–H and O–H groups in total. The number of urea groups is 1. The molecule has 0 fully saturated rings. The molecule has 10 heteroatoms. The zero-order chi connectivity index (χ0) is 23.8. The number of benzene rings is 2. The number of aromatic nitrogens is 4. The first-order valence-electron chi connectivity index (χ1n) is 11.4. The molecular weight excluding hydrogens is 448 g/mol. The molecule has 2 amide bonds. The highest BCUT2D eigenvalue weighted by atomic mass is 16.7. The summed E-state index contributed by atoms with van der Waals surface area (Å²) in [6.45, 7) is 0.151. The summed E-state index contributed by atoms with van der Waals surface area (Å²) in [5.41, 5.74) is 3.38. The van der Waals surface area contributed by atoms with Crippen LogP contribution in [0.1, 0.15) is 24.1 Å². The van der Waals surface area contributed by atoms with E-state index in [1.165, 1.54) is 4.68 Å². The third-order valence-corrected chi connectivity index (χ3v) is 6.03. The van der Waals surface area contributed by atoms with Gasteiger partial charge in [-0.05, 0) is 37.8 Å². The van der Waals surface area contributed by atoms with E-state index in [-0.39, 0.29) is 18.3 Å². The van der Waals surface area contributed by atoms with E-state index in [0.717, 1.165) is 42.5 Å². The van der Waals surface area contributed by atoms with E-state index in [9.17, 15) is 9.59 Å². The standard InChI is InChI=1S/C25H22N6O4/c32-23-17-8-4-5-9-18(17)27-24(29-23)31-22(13-19(30-31)15-6-2-1-3-7-15)28-25(33)26-16-10-11-20-21(12-16)35-14-34-20/h1-3,6-7,10-13H,4-5,8-9,14H2,(H2,26,28,33)(H,27,29,32). The number of carbonyl (C=O) groups excluding carboxylic acids is 1. The number of nitrogens with zero attached hydrogens (tertiary/aromatic N) is 3. The molecule has 10 nitrogen and oxygen atoms in total. The molecule has 2 aromatic carbocycles. The van der Waals surface area contributed by atoms with Crippen molar-refractivity contribution in [1.29, 1.82) is 0 Å². The summed E-state index contributed by atoms with van der Waals surface area (Å²) in [7, 11) is 0. The van der Waals surface area contributed by atoms with Gasteiger partial charge in [-0.2, -0.15) is 9.78 Å². The van der Waals surface area contributed by atoms with Crippen molar-refractivity contribution in [3.05, 3.63) is 76.2 Å². The maximum atomic E-state index is 12.9. The summed E-state index contributed by atoms with van der Waals surface area (Å²) in [4.78, 5) is 33.2. The fourth-order valence-corrected chi connectivity index (χ4v) is 4.32. The molecule has 0 radical (unpaired) electrons. The van der Waals surface area contributed by atoms with Gasteiger partial charge in [0.05, 0.1) is 11.4 Å². The molecule has 0 spiro atoms. The van der Waals surface area contributed by atoms with Gasteiger partial charge in [0.2, 0.25) is 12.7 Å². The summed E-state index contributed by atoms with van der Waals surface area (Å²) in [6.07, 6.45) is 3.42. The predicted molar refractivity (Wildman–Crippen MR) is 129 cm³/mol. The number of carbonyl (C=O) groups is 1. The van der Waals surface area contributed by atoms with E-state index < -0.39 is 6.03 Å². The Bertz CT molecular complexity index is 1480. The lowest BCUT2D eigenvalue weighted by molar-refractivity contribution is 0.174. The van der Waals surface area contributed by atoms with E-state index in [2.05, 4.69) is 25.7 Å². The molecule has 35 heavy (non-hydrogen) atoms. The SMILES string of the molecule is O=C(Nc1ccc2c(c1)OCO2)Nc1cc(-c2ccccc2)nn1-c1nc2c(c(=O)[nH]1)CCCC2. The molecule has 1 aliphatic heterocycles. The maximum Gasteiger partial charge on any atom is 0.324 e. The van der Waals surface area contributed by atoms with E-state index in [1.807, 2.05) is 30.3 Å². The molecule has 0 atom stereocenters. The Morgan fingerprint density at radius 1 is 0.971 bits per heavy atom. The average Bonchev–Trinajstić information content (AvgIpc) is 3.51. The first-order chi connectivity index (χ1) is 17.1. The van der Waals surface area contributed by atoms with Gasteiger partial charge in [0.15, 0.2) is 11.5 Å². The minimum Gasteiger partial charge on any atom is -0.454 e. The van der Waals surface area contributed by atoms with Crippen LogP contribution in [0.2, 0.25) is 0 Å². The summed E-state index contributed by atoms with van der Waals surface area (Å²) < 4.78 is 12.1. The number of anilines is 2. The Hall–Kier alpha value is -4.60. The Labute approximate surface area is 199 Å². The number of H-pyrrole nitrogens is 1. The molecule has 0 unspecified atom stereocenters. The van der Waals surface area contributed by atoms with Crippen LogP contribution in [0.4, 0.5) is 16.3 Å². The highest BCUT2D eigenvalue weighted by Gasteiger charge is 2.20. The molecule has 2 aromatic heterocycles. The Morgan fingerprint density at radius 2 is 1.80 bits per heavy atom. The second kappa shape index (κ2) is 8.64. The minimum absolute atomic E-state index is 0.151. The van der Waals surface area contributed by atoms with Crippen molar-refractivity contribution in [2.75, 3.05) is 17.4 Å². The quantitative estimate of drug-likeness (QED) is 0.416.